The van der Waals surface area contributed by atoms with Crippen LogP contribution in [0.25, 0.3) is 38.1 Å². The summed E-state index contributed by atoms with van der Waals surface area (Å²) in [7, 11) is 0. The number of allylic oxidation sites excluding steroid dienone is 2. The molecule has 0 bridgehead atoms. The second-order valence-corrected chi connectivity index (χ2v) is 8.90. The molecule has 0 unspecified atom stereocenters. The molecule has 35 heavy (non-hydrogen) atoms. The van der Waals surface area contributed by atoms with Gasteiger partial charge in [0.05, 0.1) is 5.76 Å². The van der Waals surface area contributed by atoms with Crippen LogP contribution in [0.5, 0.6) is 0 Å². The van der Waals surface area contributed by atoms with E-state index < -0.39 is 0 Å². The summed E-state index contributed by atoms with van der Waals surface area (Å²) < 4.78 is 2.41. The van der Waals surface area contributed by atoms with Gasteiger partial charge in [0.1, 0.15) is 0 Å². The van der Waals surface area contributed by atoms with Crippen LogP contribution in [0, 0.1) is 12.7 Å². The van der Waals surface area contributed by atoms with Crippen molar-refractivity contribution in [3.63, 3.8) is 0 Å². The second kappa shape index (κ2) is 9.73. The molecular weight excluding hydrogens is 615 g/mol. The molecule has 5 aromatic rings. The molecule has 0 saturated carbocycles. The number of rotatable bonds is 3. The van der Waals surface area contributed by atoms with Gasteiger partial charge >= 0.3 is 0 Å². The third kappa shape index (κ3) is 4.29. The van der Waals surface area contributed by atoms with E-state index in [0.29, 0.717) is 6.04 Å². The molecule has 1 radical (unpaired) electrons. The molecule has 6 heteroatoms. The normalized spacial score (nSPS) is 13.8. The van der Waals surface area contributed by atoms with Crippen LogP contribution in [0.2, 0.25) is 0 Å². The van der Waals surface area contributed by atoms with Gasteiger partial charge in [0.25, 0.3) is 0 Å². The molecule has 181 valence electrons. The number of aliphatic hydroxyl groups is 1. The van der Waals surface area contributed by atoms with Gasteiger partial charge in [-0.25, -0.2) is 0 Å². The molecule has 0 amide bonds. The van der Waals surface area contributed by atoms with Crippen LogP contribution in [-0.4, -0.2) is 26.2 Å². The number of nitrogens with zero attached hydrogens (tertiary/aromatic N) is 3. The molecule has 0 atom stereocenters. The number of anilines is 1. The van der Waals surface area contributed by atoms with E-state index in [1.54, 1.807) is 0 Å². The first-order chi connectivity index (χ1) is 16.4. The Kier molecular flexibility index (Phi) is 6.88. The van der Waals surface area contributed by atoms with Crippen molar-refractivity contribution in [3.05, 3.63) is 91.6 Å². The van der Waals surface area contributed by atoms with Crippen molar-refractivity contribution in [3.8, 4) is 0 Å². The second-order valence-electron chi connectivity index (χ2n) is 8.90. The van der Waals surface area contributed by atoms with E-state index in [1.807, 2.05) is 0 Å². The maximum atomic E-state index is 10.0. The molecule has 1 aliphatic rings. The first-order valence-corrected chi connectivity index (χ1v) is 11.4. The van der Waals surface area contributed by atoms with E-state index in [4.69, 9.17) is 5.11 Å². The molecule has 3 aromatic carbocycles. The van der Waals surface area contributed by atoms with Gasteiger partial charge in [-0.1, -0.05) is 47.5 Å². The number of fused-ring (bicyclic) bond motifs is 6. The van der Waals surface area contributed by atoms with Crippen LogP contribution in [0.1, 0.15) is 27.7 Å². The molecule has 2 aromatic heterocycles. The zero-order valence-corrected chi connectivity index (χ0v) is 22.5. The Morgan fingerprint density at radius 3 is 2.17 bits per heavy atom. The summed E-state index contributed by atoms with van der Waals surface area (Å²) in [4.78, 5) is 14.4. The first-order valence-electron chi connectivity index (χ1n) is 11.4. The number of ketones is 1. The fourth-order valence-electron chi connectivity index (χ4n) is 4.67. The summed E-state index contributed by atoms with van der Waals surface area (Å²) in [5, 5.41) is 13.5. The maximum absolute atomic E-state index is 10.0. The number of hydrogen-bond acceptors (Lipinski definition) is 4. The van der Waals surface area contributed by atoms with E-state index in [0.717, 1.165) is 5.69 Å². The Hall–Kier alpha value is -3.34. The zero-order chi connectivity index (χ0) is 24.0. The van der Waals surface area contributed by atoms with Crippen molar-refractivity contribution in [2.45, 2.75) is 33.7 Å². The standard InChI is InChI=1S/C24H19N3.C5H8O2.Ir/c1-16(2)25-13-14-26(15-25)22-12-11-18-17-7-3-5-9-20(17)27-21-10-6-4-8-19(21)23(22)24(18)27;1-4(6)3-5(2)7;/h3-11,13-16H,1-2H3;3,6H,1-2H3;/q-2;;/b;4-3-;. The molecule has 1 aliphatic heterocycles. The third-order valence-electron chi connectivity index (χ3n) is 6.08. The van der Waals surface area contributed by atoms with E-state index in [9.17, 15) is 4.79 Å². The van der Waals surface area contributed by atoms with Gasteiger partial charge in [-0.05, 0) is 74.6 Å². The minimum Gasteiger partial charge on any atom is -0.512 e. The Labute approximate surface area is 218 Å². The Morgan fingerprint density at radius 2 is 1.60 bits per heavy atom. The largest absolute Gasteiger partial charge is 0.512 e. The number of aromatic nitrogens is 1. The van der Waals surface area contributed by atoms with Crippen LogP contribution in [0.15, 0.2) is 78.8 Å². The summed E-state index contributed by atoms with van der Waals surface area (Å²) in [6.07, 6.45) is 5.42. The van der Waals surface area contributed by atoms with Crippen LogP contribution >= 0.6 is 0 Å². The van der Waals surface area contributed by atoms with Crippen molar-refractivity contribution in [1.82, 2.24) is 9.30 Å². The van der Waals surface area contributed by atoms with Crippen LogP contribution < -0.4 is 4.90 Å². The van der Waals surface area contributed by atoms with Gasteiger partial charge in [-0.3, -0.25) is 4.79 Å². The summed E-state index contributed by atoms with van der Waals surface area (Å²) in [6, 6.07) is 23.5. The molecule has 0 aliphatic carbocycles. The quantitative estimate of drug-likeness (QED) is 0.134. The molecule has 0 fully saturated rings. The fourth-order valence-corrected chi connectivity index (χ4v) is 4.67. The monoisotopic (exact) mass is 642 g/mol. The summed E-state index contributed by atoms with van der Waals surface area (Å²) in [5.41, 5.74) is 4.91. The van der Waals surface area contributed by atoms with Crippen molar-refractivity contribution in [2.75, 3.05) is 4.90 Å². The summed E-state index contributed by atoms with van der Waals surface area (Å²) in [6.45, 7) is 9.40. The van der Waals surface area contributed by atoms with E-state index >= 15 is 0 Å². The van der Waals surface area contributed by atoms with Gasteiger partial charge < -0.3 is 19.3 Å². The van der Waals surface area contributed by atoms with Crippen molar-refractivity contribution in [1.29, 1.82) is 0 Å². The average Bonchev–Trinajstić information content (AvgIpc) is 3.50. The van der Waals surface area contributed by atoms with Gasteiger partial charge in [0.2, 0.25) is 0 Å². The first kappa shape index (κ1) is 24.8. The number of carbonyl (C=O) groups is 1. The van der Waals surface area contributed by atoms with Crippen molar-refractivity contribution >= 4 is 49.6 Å². The Balaban J connectivity index is 0.000000320. The van der Waals surface area contributed by atoms with E-state index in [1.165, 1.54) is 58.0 Å². The molecule has 6 rings (SSSR count). The average molecular weight is 642 g/mol. The number of carbonyl (C=O) groups excluding carboxylic acids is 1. The molecule has 1 N–H and O–H groups in total. The number of benzene rings is 3. The molecule has 0 saturated heterocycles. The van der Waals surface area contributed by atoms with Crippen molar-refractivity contribution in [2.24, 2.45) is 0 Å². The minimum atomic E-state index is -0.125. The minimum absolute atomic E-state index is 0. The van der Waals surface area contributed by atoms with Crippen LogP contribution in [0.3, 0.4) is 0 Å². The van der Waals surface area contributed by atoms with E-state index in [-0.39, 0.29) is 31.6 Å². The van der Waals surface area contributed by atoms with Crippen LogP contribution in [0.4, 0.5) is 5.69 Å². The third-order valence-corrected chi connectivity index (χ3v) is 6.08. The molecule has 3 heterocycles. The Bertz CT molecular complexity index is 1580. The Morgan fingerprint density at radius 1 is 0.971 bits per heavy atom. The molecule has 0 spiro atoms. The molecular formula is C29H27IrN3O2-2. The SMILES string of the molecule is CC(=O)/C=C(/C)O.CC(C)N1C=CN(c2[c-]cc3c4ccccc4n4c5ccccc5c2c34)[CH-]1.[Ir]. The fraction of sp³-hybridized carbons (Fsp3) is 0.172. The summed E-state index contributed by atoms with van der Waals surface area (Å²) >= 11 is 0. The van der Waals surface area contributed by atoms with Gasteiger partial charge in [0, 0.05) is 37.2 Å². The smallest absolute Gasteiger partial charge is 0.155 e. The number of para-hydroxylation sites is 2. The summed E-state index contributed by atoms with van der Waals surface area (Å²) in [5.74, 6) is -0.0625. The van der Waals surface area contributed by atoms with Crippen molar-refractivity contribution < 1.29 is 30.0 Å². The van der Waals surface area contributed by atoms with Crippen LogP contribution in [-0.2, 0) is 24.9 Å². The predicted molar refractivity (Wildman–Crippen MR) is 140 cm³/mol. The number of aliphatic hydroxyl groups excluding tert-OH is 1. The molecule has 5 nitrogen and oxygen atoms in total. The maximum Gasteiger partial charge on any atom is 0.155 e. The number of hydrogen-bond donors (Lipinski definition) is 1. The van der Waals surface area contributed by atoms with E-state index in [2.05, 4.69) is 108 Å². The topological polar surface area (TPSA) is 48.2 Å². The van der Waals surface area contributed by atoms with Gasteiger partial charge in [0.15, 0.2) is 5.78 Å². The zero-order valence-electron chi connectivity index (χ0n) is 20.1. The van der Waals surface area contributed by atoms with Gasteiger partial charge in [-0.15, -0.1) is 5.39 Å². The van der Waals surface area contributed by atoms with Gasteiger partial charge in [-0.2, -0.15) is 18.8 Å². The predicted octanol–water partition coefficient (Wildman–Crippen LogP) is 6.79.